The summed E-state index contributed by atoms with van der Waals surface area (Å²) >= 11 is 0. The molecular formula is C28H25F4N5O6S. The van der Waals surface area contributed by atoms with E-state index in [1.807, 2.05) is 0 Å². The maximum Gasteiger partial charge on any atom is 0.416 e. The van der Waals surface area contributed by atoms with E-state index in [1.165, 1.54) is 38.0 Å². The number of ether oxygens (including phenoxy) is 3. The normalized spacial score (nSPS) is 12.1. The smallest absolute Gasteiger partial charge is 0.416 e. The number of nitrogens with one attached hydrogen (secondary N) is 1. The van der Waals surface area contributed by atoms with Gasteiger partial charge in [-0.25, -0.2) is 14.4 Å². The third-order valence-corrected chi connectivity index (χ3v) is 7.86. The summed E-state index contributed by atoms with van der Waals surface area (Å²) in [4.78, 5) is 8.63. The molecule has 3 aromatic carbocycles. The molecule has 0 radical (unpaired) electrons. The van der Waals surface area contributed by atoms with Gasteiger partial charge in [0.2, 0.25) is 5.95 Å². The molecule has 0 aliphatic rings. The van der Waals surface area contributed by atoms with Crippen LogP contribution in [0, 0.1) is 5.82 Å². The Morgan fingerprint density at radius 3 is 2.30 bits per heavy atom. The van der Waals surface area contributed by atoms with Crippen molar-refractivity contribution in [1.82, 2.24) is 19.6 Å². The molecule has 16 heteroatoms. The van der Waals surface area contributed by atoms with E-state index in [-0.39, 0.29) is 41.5 Å². The molecule has 1 N–H and O–H groups in total. The highest BCUT2D eigenvalue weighted by atomic mass is 32.2. The predicted octanol–water partition coefficient (Wildman–Crippen LogP) is 5.02. The molecule has 0 fully saturated rings. The number of hydrogen-bond donors (Lipinski definition) is 1. The summed E-state index contributed by atoms with van der Waals surface area (Å²) in [7, 11) is 0.0610. The number of hydrogen-bond acceptors (Lipinski definition) is 10. The monoisotopic (exact) mass is 635 g/mol. The lowest BCUT2D eigenvalue weighted by Gasteiger charge is -2.13. The van der Waals surface area contributed by atoms with Crippen LogP contribution in [0.2, 0.25) is 0 Å². The summed E-state index contributed by atoms with van der Waals surface area (Å²) < 4.78 is 101. The minimum Gasteiger partial charge on any atom is -0.497 e. The molecule has 2 aromatic heterocycles. The van der Waals surface area contributed by atoms with Crippen LogP contribution in [0.15, 0.2) is 59.5 Å². The molecule has 232 valence electrons. The lowest BCUT2D eigenvalue weighted by Crippen LogP contribution is -2.11. The number of aromatic nitrogens is 4. The molecule has 0 saturated heterocycles. The number of fused-ring (bicyclic) bond motifs is 3. The SMILES string of the molecule is COc1ccc(CNc2nc3c(OC)cc(F)cc3c3nc(CCOS(=O)(=O)c4ccc(C(F)(F)F)cc4)nn23)c(OC)c1. The van der Waals surface area contributed by atoms with Crippen LogP contribution in [0.1, 0.15) is 17.0 Å². The Bertz CT molecular complexity index is 1930. The molecule has 5 rings (SSSR count). The third-order valence-electron chi connectivity index (χ3n) is 6.54. The van der Waals surface area contributed by atoms with E-state index < -0.39 is 39.2 Å². The molecule has 0 atom stereocenters. The van der Waals surface area contributed by atoms with Crippen LogP contribution in [0.4, 0.5) is 23.5 Å². The predicted molar refractivity (Wildman–Crippen MR) is 150 cm³/mol. The topological polar surface area (TPSA) is 126 Å². The fraction of sp³-hybridized carbons (Fsp3) is 0.250. The van der Waals surface area contributed by atoms with Gasteiger partial charge in [0.05, 0.1) is 43.8 Å². The van der Waals surface area contributed by atoms with Crippen LogP contribution in [0.3, 0.4) is 0 Å². The zero-order valence-electron chi connectivity index (χ0n) is 23.5. The molecule has 0 saturated carbocycles. The van der Waals surface area contributed by atoms with Gasteiger partial charge in [0.1, 0.15) is 28.6 Å². The Kier molecular flexibility index (Phi) is 8.47. The highest BCUT2D eigenvalue weighted by molar-refractivity contribution is 7.86. The van der Waals surface area contributed by atoms with E-state index in [0.717, 1.165) is 17.7 Å². The average molecular weight is 636 g/mol. The third kappa shape index (κ3) is 6.30. The van der Waals surface area contributed by atoms with Crippen molar-refractivity contribution in [2.45, 2.75) is 24.0 Å². The number of alkyl halides is 3. The second-order valence-electron chi connectivity index (χ2n) is 9.28. The van der Waals surface area contributed by atoms with E-state index in [1.54, 1.807) is 18.2 Å². The van der Waals surface area contributed by atoms with E-state index in [4.69, 9.17) is 18.4 Å². The van der Waals surface area contributed by atoms with Gasteiger partial charge in [-0.3, -0.25) is 4.18 Å². The summed E-state index contributed by atoms with van der Waals surface area (Å²) in [5, 5.41) is 7.89. The number of nitrogens with zero attached hydrogens (tertiary/aromatic N) is 4. The van der Waals surface area contributed by atoms with E-state index in [2.05, 4.69) is 20.4 Å². The highest BCUT2D eigenvalue weighted by Crippen LogP contribution is 2.32. The van der Waals surface area contributed by atoms with Crippen LogP contribution in [-0.2, 0) is 33.4 Å². The Labute approximate surface area is 248 Å². The molecule has 0 amide bonds. The molecule has 0 unspecified atom stereocenters. The van der Waals surface area contributed by atoms with Crippen LogP contribution in [0.5, 0.6) is 17.2 Å². The zero-order chi connectivity index (χ0) is 31.6. The van der Waals surface area contributed by atoms with Crippen molar-refractivity contribution in [2.24, 2.45) is 0 Å². The van der Waals surface area contributed by atoms with Gasteiger partial charge in [-0.2, -0.15) is 26.1 Å². The second-order valence-corrected chi connectivity index (χ2v) is 10.9. The molecular weight excluding hydrogens is 610 g/mol. The van der Waals surface area contributed by atoms with Crippen molar-refractivity contribution in [3.63, 3.8) is 0 Å². The molecule has 44 heavy (non-hydrogen) atoms. The lowest BCUT2D eigenvalue weighted by molar-refractivity contribution is -0.137. The van der Waals surface area contributed by atoms with Gasteiger partial charge in [-0.1, -0.05) is 0 Å². The average Bonchev–Trinajstić information content (AvgIpc) is 3.43. The summed E-state index contributed by atoms with van der Waals surface area (Å²) in [5.74, 6) is 1.06. The van der Waals surface area contributed by atoms with Crippen molar-refractivity contribution in [1.29, 1.82) is 0 Å². The summed E-state index contributed by atoms with van der Waals surface area (Å²) in [6, 6.07) is 10.6. The van der Waals surface area contributed by atoms with Crippen LogP contribution >= 0.6 is 0 Å². The Hall–Kier alpha value is -4.70. The minimum absolute atomic E-state index is 0.110. The van der Waals surface area contributed by atoms with Gasteiger partial charge >= 0.3 is 6.18 Å². The first-order valence-electron chi connectivity index (χ1n) is 12.9. The molecule has 0 aliphatic heterocycles. The maximum absolute atomic E-state index is 14.5. The molecule has 5 aromatic rings. The van der Waals surface area contributed by atoms with Crippen molar-refractivity contribution in [3.05, 3.63) is 77.4 Å². The van der Waals surface area contributed by atoms with Crippen molar-refractivity contribution in [3.8, 4) is 17.2 Å². The number of methoxy groups -OCH3 is 3. The fourth-order valence-electron chi connectivity index (χ4n) is 4.36. The summed E-state index contributed by atoms with van der Waals surface area (Å²) in [5.41, 5.74) is 0.272. The molecule has 0 spiro atoms. The van der Waals surface area contributed by atoms with Gasteiger partial charge in [0, 0.05) is 30.7 Å². The first-order valence-corrected chi connectivity index (χ1v) is 14.3. The number of benzene rings is 3. The Morgan fingerprint density at radius 2 is 1.64 bits per heavy atom. The maximum atomic E-state index is 14.5. The van der Waals surface area contributed by atoms with E-state index >= 15 is 0 Å². The zero-order valence-corrected chi connectivity index (χ0v) is 24.3. The number of anilines is 1. The molecule has 0 aliphatic carbocycles. The van der Waals surface area contributed by atoms with Gasteiger partial charge in [0.15, 0.2) is 11.5 Å². The van der Waals surface area contributed by atoms with E-state index in [0.29, 0.717) is 29.1 Å². The minimum atomic E-state index is -4.61. The molecule has 2 heterocycles. The quantitative estimate of drug-likeness (QED) is 0.156. The van der Waals surface area contributed by atoms with E-state index in [9.17, 15) is 26.0 Å². The largest absolute Gasteiger partial charge is 0.497 e. The van der Waals surface area contributed by atoms with Crippen LogP contribution in [-0.4, -0.2) is 55.9 Å². The first kappa shape index (κ1) is 30.7. The van der Waals surface area contributed by atoms with Gasteiger partial charge in [-0.05, 0) is 42.5 Å². The molecule has 0 bridgehead atoms. The van der Waals surface area contributed by atoms with Crippen molar-refractivity contribution in [2.75, 3.05) is 33.3 Å². The van der Waals surface area contributed by atoms with Gasteiger partial charge in [0.25, 0.3) is 10.1 Å². The first-order chi connectivity index (χ1) is 20.9. The van der Waals surface area contributed by atoms with Crippen molar-refractivity contribution < 1.29 is 44.4 Å². The molecule has 11 nitrogen and oxygen atoms in total. The second kappa shape index (κ2) is 12.1. The standard InChI is InChI=1S/C28H25F4N5O6S/c1-40-19-7-4-16(22(14-19)41-2)15-33-27-35-25-21(12-18(29)13-23(25)42-3)26-34-24(36-37(26)27)10-11-43-44(38,39)20-8-5-17(6-9-20)28(30,31)32/h4-9,12-14H,10-11,15H2,1-3H3,(H,33,35). The lowest BCUT2D eigenvalue weighted by atomic mass is 10.2. The fourth-order valence-corrected chi connectivity index (χ4v) is 5.27. The van der Waals surface area contributed by atoms with Gasteiger partial charge in [-0.15, -0.1) is 5.10 Å². The van der Waals surface area contributed by atoms with Crippen LogP contribution in [0.25, 0.3) is 16.6 Å². The van der Waals surface area contributed by atoms with Crippen LogP contribution < -0.4 is 19.5 Å². The Morgan fingerprint density at radius 1 is 0.909 bits per heavy atom. The van der Waals surface area contributed by atoms with Gasteiger partial charge < -0.3 is 19.5 Å². The number of rotatable bonds is 11. The Balaban J connectivity index is 1.43. The number of halogens is 4. The summed E-state index contributed by atoms with van der Waals surface area (Å²) in [6.07, 6.45) is -4.72. The highest BCUT2D eigenvalue weighted by Gasteiger charge is 2.31. The van der Waals surface area contributed by atoms with Crippen molar-refractivity contribution >= 4 is 32.6 Å². The summed E-state index contributed by atoms with van der Waals surface area (Å²) in [6.45, 7) is -0.191.